The van der Waals surface area contributed by atoms with Gasteiger partial charge < -0.3 is 20.4 Å². The van der Waals surface area contributed by atoms with Gasteiger partial charge in [0.25, 0.3) is 5.91 Å². The van der Waals surface area contributed by atoms with E-state index in [0.717, 1.165) is 0 Å². The van der Waals surface area contributed by atoms with Crippen LogP contribution in [0.1, 0.15) is 16.1 Å². The van der Waals surface area contributed by atoms with Gasteiger partial charge in [-0.05, 0) is 12.1 Å². The normalized spacial score (nSPS) is 15.0. The summed E-state index contributed by atoms with van der Waals surface area (Å²) in [7, 11) is 3.45. The first kappa shape index (κ1) is 15.2. The first-order valence-corrected chi connectivity index (χ1v) is 6.93. The second-order valence-corrected chi connectivity index (χ2v) is 5.20. The van der Waals surface area contributed by atoms with Gasteiger partial charge in [-0.1, -0.05) is 0 Å². The number of urea groups is 1. The third-order valence-corrected chi connectivity index (χ3v) is 3.49. The maximum absolute atomic E-state index is 12.4. The van der Waals surface area contributed by atoms with Crippen molar-refractivity contribution in [3.05, 3.63) is 29.6 Å². The number of carbonyl (C=O) groups is 2. The number of rotatable bonds is 2. The molecule has 1 aliphatic heterocycles. The van der Waals surface area contributed by atoms with Crippen LogP contribution in [0.25, 0.3) is 0 Å². The Morgan fingerprint density at radius 2 is 1.86 bits per heavy atom. The summed E-state index contributed by atoms with van der Waals surface area (Å²) in [4.78, 5) is 33.4. The van der Waals surface area contributed by atoms with Crippen molar-refractivity contribution in [2.75, 3.05) is 40.3 Å². The molecule has 0 aromatic carbocycles. The van der Waals surface area contributed by atoms with Gasteiger partial charge in [0.15, 0.2) is 0 Å². The molecular weight excluding hydrogens is 270 g/mol. The lowest BCUT2D eigenvalue weighted by molar-refractivity contribution is 0.0650. The van der Waals surface area contributed by atoms with E-state index in [1.807, 2.05) is 0 Å². The van der Waals surface area contributed by atoms with Crippen LogP contribution in [0.2, 0.25) is 0 Å². The van der Waals surface area contributed by atoms with Gasteiger partial charge in [-0.25, -0.2) is 4.79 Å². The van der Waals surface area contributed by atoms with Crippen LogP contribution in [0.15, 0.2) is 18.3 Å². The van der Waals surface area contributed by atoms with Crippen LogP contribution in [-0.2, 0) is 6.54 Å². The molecule has 0 aliphatic carbocycles. The highest BCUT2D eigenvalue weighted by Gasteiger charge is 2.25. The van der Waals surface area contributed by atoms with Crippen LogP contribution in [-0.4, -0.2) is 71.9 Å². The second-order valence-electron chi connectivity index (χ2n) is 5.20. The van der Waals surface area contributed by atoms with Crippen molar-refractivity contribution in [2.24, 2.45) is 5.73 Å². The molecule has 2 rings (SSSR count). The number of amides is 3. The Kier molecular flexibility index (Phi) is 4.74. The Morgan fingerprint density at radius 1 is 1.24 bits per heavy atom. The zero-order valence-electron chi connectivity index (χ0n) is 12.5. The van der Waals surface area contributed by atoms with E-state index in [4.69, 9.17) is 5.73 Å². The SMILES string of the molecule is CN(C)C(=O)N1CCN(C(=O)c2ccnc(CN)c2)CC1. The lowest BCUT2D eigenvalue weighted by Crippen LogP contribution is -2.52. The molecule has 1 aliphatic rings. The lowest BCUT2D eigenvalue weighted by atomic mass is 10.2. The monoisotopic (exact) mass is 291 g/mol. The quantitative estimate of drug-likeness (QED) is 0.830. The fourth-order valence-corrected chi connectivity index (χ4v) is 2.29. The third kappa shape index (κ3) is 3.49. The van der Waals surface area contributed by atoms with Gasteiger partial charge in [-0.2, -0.15) is 0 Å². The van der Waals surface area contributed by atoms with E-state index in [2.05, 4.69) is 4.98 Å². The summed E-state index contributed by atoms with van der Waals surface area (Å²) in [5.74, 6) is -0.0379. The first-order valence-electron chi connectivity index (χ1n) is 6.93. The van der Waals surface area contributed by atoms with Crippen LogP contribution < -0.4 is 5.73 Å². The first-order chi connectivity index (χ1) is 10.0. The van der Waals surface area contributed by atoms with Crippen molar-refractivity contribution >= 4 is 11.9 Å². The minimum atomic E-state index is -0.0379. The molecular formula is C14H21N5O2. The molecule has 1 fully saturated rings. The van der Waals surface area contributed by atoms with Gasteiger partial charge in [-0.3, -0.25) is 9.78 Å². The highest BCUT2D eigenvalue weighted by Crippen LogP contribution is 2.10. The van der Waals surface area contributed by atoms with Crippen molar-refractivity contribution in [1.82, 2.24) is 19.7 Å². The molecule has 2 heterocycles. The Labute approximate surface area is 124 Å². The number of nitrogens with zero attached hydrogens (tertiary/aromatic N) is 4. The predicted molar refractivity (Wildman–Crippen MR) is 78.7 cm³/mol. The molecule has 0 unspecified atom stereocenters. The van der Waals surface area contributed by atoms with Crippen molar-refractivity contribution in [1.29, 1.82) is 0 Å². The predicted octanol–water partition coefficient (Wildman–Crippen LogP) is -0.0203. The molecule has 2 N–H and O–H groups in total. The standard InChI is InChI=1S/C14H21N5O2/c1-17(2)14(21)19-7-5-18(6-8-19)13(20)11-3-4-16-12(9-11)10-15/h3-4,9H,5-8,10,15H2,1-2H3. The summed E-state index contributed by atoms with van der Waals surface area (Å²) in [5.41, 5.74) is 6.83. The summed E-state index contributed by atoms with van der Waals surface area (Å²) < 4.78 is 0. The topological polar surface area (TPSA) is 82.8 Å². The van der Waals surface area contributed by atoms with Crippen LogP contribution in [0.3, 0.4) is 0 Å². The van der Waals surface area contributed by atoms with Crippen LogP contribution in [0.5, 0.6) is 0 Å². The summed E-state index contributed by atoms with van der Waals surface area (Å²) in [6.07, 6.45) is 1.60. The smallest absolute Gasteiger partial charge is 0.319 e. The van der Waals surface area contributed by atoms with Crippen molar-refractivity contribution in [3.8, 4) is 0 Å². The molecule has 0 bridgehead atoms. The fraction of sp³-hybridized carbons (Fsp3) is 0.500. The summed E-state index contributed by atoms with van der Waals surface area (Å²) >= 11 is 0. The van der Waals surface area contributed by atoms with E-state index in [1.54, 1.807) is 47.1 Å². The number of aromatic nitrogens is 1. The van der Waals surface area contributed by atoms with Gasteiger partial charge in [0.2, 0.25) is 0 Å². The number of hydrogen-bond donors (Lipinski definition) is 1. The van der Waals surface area contributed by atoms with Crippen molar-refractivity contribution in [3.63, 3.8) is 0 Å². The number of pyridine rings is 1. The second kappa shape index (κ2) is 6.53. The molecule has 0 atom stereocenters. The molecule has 3 amide bonds. The highest BCUT2D eigenvalue weighted by molar-refractivity contribution is 5.94. The van der Waals surface area contributed by atoms with Gasteiger partial charge in [0.1, 0.15) is 0 Å². The van der Waals surface area contributed by atoms with E-state index >= 15 is 0 Å². The number of piperazine rings is 1. The molecule has 1 saturated heterocycles. The molecule has 7 heteroatoms. The fourth-order valence-electron chi connectivity index (χ4n) is 2.29. The number of hydrogen-bond acceptors (Lipinski definition) is 4. The minimum absolute atomic E-state index is 0.0172. The Bertz CT molecular complexity index is 524. The largest absolute Gasteiger partial charge is 0.335 e. The summed E-state index contributed by atoms with van der Waals surface area (Å²) in [6.45, 7) is 2.50. The lowest BCUT2D eigenvalue weighted by Gasteiger charge is -2.36. The zero-order valence-corrected chi connectivity index (χ0v) is 12.5. The molecule has 0 spiro atoms. The third-order valence-electron chi connectivity index (χ3n) is 3.49. The molecule has 1 aromatic rings. The van der Waals surface area contributed by atoms with Crippen LogP contribution in [0, 0.1) is 0 Å². The Hall–Kier alpha value is -2.15. The van der Waals surface area contributed by atoms with Gasteiger partial charge in [-0.15, -0.1) is 0 Å². The average molecular weight is 291 g/mol. The molecule has 114 valence electrons. The van der Waals surface area contributed by atoms with Crippen molar-refractivity contribution < 1.29 is 9.59 Å². The minimum Gasteiger partial charge on any atom is -0.335 e. The van der Waals surface area contributed by atoms with Gasteiger partial charge in [0, 0.05) is 58.6 Å². The van der Waals surface area contributed by atoms with E-state index in [-0.39, 0.29) is 11.9 Å². The van der Waals surface area contributed by atoms with Crippen molar-refractivity contribution in [2.45, 2.75) is 6.54 Å². The molecule has 0 saturated carbocycles. The zero-order chi connectivity index (χ0) is 15.4. The number of carbonyl (C=O) groups excluding carboxylic acids is 2. The highest BCUT2D eigenvalue weighted by atomic mass is 16.2. The van der Waals surface area contributed by atoms with Crippen LogP contribution >= 0.6 is 0 Å². The maximum atomic E-state index is 12.4. The van der Waals surface area contributed by atoms with E-state index in [1.165, 1.54) is 0 Å². The van der Waals surface area contributed by atoms with Gasteiger partial charge in [0.05, 0.1) is 5.69 Å². The Balaban J connectivity index is 1.98. The van der Waals surface area contributed by atoms with E-state index in [9.17, 15) is 9.59 Å². The average Bonchev–Trinajstić information content (AvgIpc) is 2.53. The van der Waals surface area contributed by atoms with E-state index in [0.29, 0.717) is 44.0 Å². The summed E-state index contributed by atoms with van der Waals surface area (Å²) in [5, 5.41) is 0. The molecule has 7 nitrogen and oxygen atoms in total. The van der Waals surface area contributed by atoms with Gasteiger partial charge >= 0.3 is 6.03 Å². The maximum Gasteiger partial charge on any atom is 0.319 e. The van der Waals surface area contributed by atoms with Crippen LogP contribution in [0.4, 0.5) is 4.79 Å². The molecule has 0 radical (unpaired) electrons. The van der Waals surface area contributed by atoms with E-state index < -0.39 is 0 Å². The number of nitrogens with two attached hydrogens (primary N) is 1. The molecule has 21 heavy (non-hydrogen) atoms. The summed E-state index contributed by atoms with van der Waals surface area (Å²) in [6, 6.07) is 3.40. The molecule has 1 aromatic heterocycles. The Morgan fingerprint density at radius 3 is 2.43 bits per heavy atom.